The summed E-state index contributed by atoms with van der Waals surface area (Å²) in [5.74, 6) is 0.583. The summed E-state index contributed by atoms with van der Waals surface area (Å²) in [6.45, 7) is 0.473. The Balaban J connectivity index is 1.48. The molecule has 1 N–H and O–H groups in total. The summed E-state index contributed by atoms with van der Waals surface area (Å²) in [6, 6.07) is 26.6. The third-order valence-electron chi connectivity index (χ3n) is 7.10. The van der Waals surface area contributed by atoms with Gasteiger partial charge in [-0.1, -0.05) is 72.0 Å². The van der Waals surface area contributed by atoms with E-state index in [1.165, 1.54) is 0 Å². The summed E-state index contributed by atoms with van der Waals surface area (Å²) >= 11 is 1.66. The molecule has 40 heavy (non-hydrogen) atoms. The Morgan fingerprint density at radius 1 is 0.975 bits per heavy atom. The van der Waals surface area contributed by atoms with Crippen LogP contribution in [0.2, 0.25) is 0 Å². The number of thiazole rings is 1. The van der Waals surface area contributed by atoms with E-state index in [0.717, 1.165) is 54.8 Å². The molecule has 0 spiro atoms. The normalized spacial score (nSPS) is 14.5. The molecule has 0 unspecified atom stereocenters. The SMILES string of the molecule is CN1C(c2nc(-c3ccccc3)cn2C)=C/C(=C\c2sc3ccccc3[n+]2CCCS(=O)(=O)O)c2ccccc21. The first-order chi connectivity index (χ1) is 19.3. The van der Waals surface area contributed by atoms with Gasteiger partial charge in [0.25, 0.3) is 15.1 Å². The summed E-state index contributed by atoms with van der Waals surface area (Å²) in [6.07, 6.45) is 6.71. The summed E-state index contributed by atoms with van der Waals surface area (Å²) in [4.78, 5) is 7.20. The number of aryl methyl sites for hydroxylation is 2. The van der Waals surface area contributed by atoms with Gasteiger partial charge in [0.2, 0.25) is 5.52 Å². The van der Waals surface area contributed by atoms with Gasteiger partial charge in [-0.3, -0.25) is 4.55 Å². The van der Waals surface area contributed by atoms with E-state index in [1.54, 1.807) is 11.3 Å². The van der Waals surface area contributed by atoms with E-state index in [0.29, 0.717) is 13.0 Å². The molecular formula is C31H29N4O3S2+. The zero-order chi connectivity index (χ0) is 27.9. The molecule has 0 bridgehead atoms. The van der Waals surface area contributed by atoms with Gasteiger partial charge in [-0.2, -0.15) is 13.0 Å². The standard InChI is InChI=1S/C31H28N4O3S2/c1-33-21-25(22-11-4-3-5-12-22)32-31(33)28-19-23(24-13-6-7-14-26(24)34(28)2)20-30-35(17-10-18-40(36,37)38)27-15-8-9-16-29(27)39-30/h3-9,11-16,19-21H,10,17-18H2,1-2H3/p+1. The minimum Gasteiger partial charge on any atom is -0.341 e. The van der Waals surface area contributed by atoms with Crippen LogP contribution in [0.1, 0.15) is 22.8 Å². The fourth-order valence-electron chi connectivity index (χ4n) is 5.18. The number of hydrogen-bond acceptors (Lipinski definition) is 5. The molecule has 0 saturated heterocycles. The van der Waals surface area contributed by atoms with Crippen molar-refractivity contribution in [2.75, 3.05) is 17.7 Å². The number of para-hydroxylation sites is 2. The fraction of sp³-hybridized carbons (Fsp3) is 0.161. The molecule has 0 amide bonds. The van der Waals surface area contributed by atoms with Crippen molar-refractivity contribution in [1.29, 1.82) is 0 Å². The number of nitrogens with zero attached hydrogens (tertiary/aromatic N) is 4. The van der Waals surface area contributed by atoms with Crippen molar-refractivity contribution in [2.24, 2.45) is 7.05 Å². The van der Waals surface area contributed by atoms with Gasteiger partial charge in [0, 0.05) is 55.7 Å². The lowest BCUT2D eigenvalue weighted by Crippen LogP contribution is -2.36. The number of rotatable bonds is 7. The highest BCUT2D eigenvalue weighted by atomic mass is 32.2. The van der Waals surface area contributed by atoms with Gasteiger partial charge in [0.05, 0.1) is 17.1 Å². The first-order valence-electron chi connectivity index (χ1n) is 13.0. The van der Waals surface area contributed by atoms with Crippen LogP contribution < -0.4 is 9.47 Å². The maximum Gasteiger partial charge on any atom is 0.265 e. The Labute approximate surface area is 237 Å². The number of imidazole rings is 1. The van der Waals surface area contributed by atoms with E-state index in [2.05, 4.69) is 69.8 Å². The quantitative estimate of drug-likeness (QED) is 0.195. The zero-order valence-electron chi connectivity index (χ0n) is 22.2. The maximum absolute atomic E-state index is 11.4. The average Bonchev–Trinajstić information content (AvgIpc) is 3.50. The molecule has 0 saturated carbocycles. The molecule has 2 aromatic heterocycles. The van der Waals surface area contributed by atoms with Crippen molar-refractivity contribution in [3.05, 3.63) is 108 Å². The zero-order valence-corrected chi connectivity index (χ0v) is 23.9. The Bertz CT molecular complexity index is 1890. The smallest absolute Gasteiger partial charge is 0.265 e. The summed E-state index contributed by atoms with van der Waals surface area (Å²) in [5, 5.41) is 1.01. The van der Waals surface area contributed by atoms with Gasteiger partial charge >= 0.3 is 0 Å². The Kier molecular flexibility index (Phi) is 6.87. The van der Waals surface area contributed by atoms with E-state index >= 15 is 0 Å². The molecule has 0 aliphatic carbocycles. The second kappa shape index (κ2) is 10.5. The predicted octanol–water partition coefficient (Wildman–Crippen LogP) is 5.90. The van der Waals surface area contributed by atoms with Crippen molar-refractivity contribution in [2.45, 2.75) is 13.0 Å². The third-order valence-corrected chi connectivity index (χ3v) is 9.02. The van der Waals surface area contributed by atoms with E-state index in [1.807, 2.05) is 55.6 Å². The second-order valence-electron chi connectivity index (χ2n) is 9.83. The molecule has 7 nitrogen and oxygen atoms in total. The Morgan fingerprint density at radius 3 is 2.50 bits per heavy atom. The number of fused-ring (bicyclic) bond motifs is 2. The lowest BCUT2D eigenvalue weighted by Gasteiger charge is -2.29. The topological polar surface area (TPSA) is 79.3 Å². The van der Waals surface area contributed by atoms with Crippen LogP contribution in [0.15, 0.2) is 91.1 Å². The van der Waals surface area contributed by atoms with Gasteiger partial charge in [0.15, 0.2) is 12.4 Å². The van der Waals surface area contributed by atoms with Crippen LogP contribution in [-0.2, 0) is 23.7 Å². The fourth-order valence-corrected chi connectivity index (χ4v) is 6.81. The van der Waals surface area contributed by atoms with Crippen LogP contribution >= 0.6 is 11.3 Å². The monoisotopic (exact) mass is 569 g/mol. The van der Waals surface area contributed by atoms with E-state index in [9.17, 15) is 13.0 Å². The summed E-state index contributed by atoms with van der Waals surface area (Å²) in [7, 11) is 0.0525. The molecule has 6 rings (SSSR count). The van der Waals surface area contributed by atoms with Crippen molar-refractivity contribution in [3.63, 3.8) is 0 Å². The van der Waals surface area contributed by atoms with Crippen molar-refractivity contribution in [3.8, 4) is 11.3 Å². The van der Waals surface area contributed by atoms with E-state index in [-0.39, 0.29) is 5.75 Å². The van der Waals surface area contributed by atoms with Crippen LogP contribution in [0, 0.1) is 0 Å². The number of benzene rings is 3. The van der Waals surface area contributed by atoms with Crippen molar-refractivity contribution >= 4 is 54.7 Å². The van der Waals surface area contributed by atoms with Gasteiger partial charge in [-0.25, -0.2) is 4.98 Å². The Hall–Kier alpha value is -4.05. The Morgan fingerprint density at radius 2 is 1.70 bits per heavy atom. The third kappa shape index (κ3) is 5.11. The molecule has 0 radical (unpaired) electrons. The first kappa shape index (κ1) is 26.2. The highest BCUT2D eigenvalue weighted by molar-refractivity contribution is 7.85. The van der Waals surface area contributed by atoms with Crippen LogP contribution in [0.25, 0.3) is 38.8 Å². The van der Waals surface area contributed by atoms with Gasteiger partial charge in [-0.15, -0.1) is 0 Å². The van der Waals surface area contributed by atoms with Gasteiger partial charge in [-0.05, 0) is 23.8 Å². The lowest BCUT2D eigenvalue weighted by molar-refractivity contribution is -0.668. The lowest BCUT2D eigenvalue weighted by atomic mass is 9.97. The molecule has 1 aliphatic heterocycles. The predicted molar refractivity (Wildman–Crippen MR) is 162 cm³/mol. The number of anilines is 1. The molecule has 9 heteroatoms. The molecule has 0 fully saturated rings. The van der Waals surface area contributed by atoms with Crippen LogP contribution in [-0.4, -0.2) is 35.3 Å². The number of hydrogen-bond donors (Lipinski definition) is 1. The van der Waals surface area contributed by atoms with E-state index < -0.39 is 10.1 Å². The molecule has 5 aromatic rings. The summed E-state index contributed by atoms with van der Waals surface area (Å²) < 4.78 is 37.4. The number of allylic oxidation sites excluding steroid dienone is 2. The van der Waals surface area contributed by atoms with Crippen molar-refractivity contribution in [1.82, 2.24) is 9.55 Å². The van der Waals surface area contributed by atoms with Gasteiger partial charge < -0.3 is 9.47 Å². The second-order valence-corrected chi connectivity index (χ2v) is 12.5. The molecule has 3 aromatic carbocycles. The molecular weight excluding hydrogens is 541 g/mol. The number of aromatic nitrogens is 3. The molecule has 0 atom stereocenters. The van der Waals surface area contributed by atoms with Crippen LogP contribution in [0.3, 0.4) is 0 Å². The molecule has 202 valence electrons. The first-order valence-corrected chi connectivity index (χ1v) is 15.4. The van der Waals surface area contributed by atoms with E-state index in [4.69, 9.17) is 4.98 Å². The minimum atomic E-state index is -4.03. The highest BCUT2D eigenvalue weighted by Gasteiger charge is 2.26. The van der Waals surface area contributed by atoms with Gasteiger partial charge in [0.1, 0.15) is 4.70 Å². The molecule has 3 heterocycles. The largest absolute Gasteiger partial charge is 0.341 e. The highest BCUT2D eigenvalue weighted by Crippen LogP contribution is 2.40. The van der Waals surface area contributed by atoms with Crippen LogP contribution in [0.5, 0.6) is 0 Å². The average molecular weight is 570 g/mol. The van der Waals surface area contributed by atoms with Crippen LogP contribution in [0.4, 0.5) is 5.69 Å². The maximum atomic E-state index is 11.4. The minimum absolute atomic E-state index is 0.277. The molecule has 1 aliphatic rings. The van der Waals surface area contributed by atoms with Crippen molar-refractivity contribution < 1.29 is 17.5 Å². The summed E-state index contributed by atoms with van der Waals surface area (Å²) in [5.41, 5.74) is 7.23.